The lowest BCUT2D eigenvalue weighted by Crippen LogP contribution is -2.29. The number of nitrogens with zero attached hydrogens (tertiary/aromatic N) is 5. The predicted molar refractivity (Wildman–Crippen MR) is 113 cm³/mol. The van der Waals surface area contributed by atoms with E-state index in [1.54, 1.807) is 24.3 Å². The van der Waals surface area contributed by atoms with Gasteiger partial charge in [-0.05, 0) is 48.2 Å². The number of hydrogen-bond acceptors (Lipinski definition) is 7. The molecule has 152 valence electrons. The number of fused-ring (bicyclic) bond motifs is 1. The van der Waals surface area contributed by atoms with E-state index in [-0.39, 0.29) is 18.3 Å². The van der Waals surface area contributed by atoms with Gasteiger partial charge in [0.1, 0.15) is 12.3 Å². The summed E-state index contributed by atoms with van der Waals surface area (Å²) in [4.78, 5) is 29.6. The molecule has 0 saturated heterocycles. The number of amides is 1. The van der Waals surface area contributed by atoms with Gasteiger partial charge in [0.05, 0.1) is 39.9 Å². The second-order valence-electron chi connectivity index (χ2n) is 6.25. The summed E-state index contributed by atoms with van der Waals surface area (Å²) in [7, 11) is 0. The summed E-state index contributed by atoms with van der Waals surface area (Å²) < 4.78 is 7.68. The average Bonchev–Trinajstić information content (AvgIpc) is 3.36. The van der Waals surface area contributed by atoms with Gasteiger partial charge >= 0.3 is 5.82 Å². The Morgan fingerprint density at radius 1 is 1.20 bits per heavy atom. The Hall–Kier alpha value is -3.79. The first-order valence-electron chi connectivity index (χ1n) is 9.14. The van der Waals surface area contributed by atoms with Crippen molar-refractivity contribution < 1.29 is 14.5 Å². The first kappa shape index (κ1) is 19.5. The third kappa shape index (κ3) is 3.98. The topological polar surface area (TPSA) is 103 Å². The lowest BCUT2D eigenvalue weighted by molar-refractivity contribution is -0.389. The monoisotopic (exact) mass is 423 g/mol. The van der Waals surface area contributed by atoms with Gasteiger partial charge in [-0.25, -0.2) is 4.98 Å². The molecule has 0 aliphatic heterocycles. The second-order valence-corrected chi connectivity index (χ2v) is 7.26. The number of rotatable bonds is 7. The van der Waals surface area contributed by atoms with Crippen LogP contribution in [0.15, 0.2) is 60.8 Å². The smallest absolute Gasteiger partial charge is 0.389 e. The van der Waals surface area contributed by atoms with Crippen molar-refractivity contribution in [1.29, 1.82) is 0 Å². The van der Waals surface area contributed by atoms with E-state index >= 15 is 0 Å². The summed E-state index contributed by atoms with van der Waals surface area (Å²) in [5.41, 5.74) is 1.40. The van der Waals surface area contributed by atoms with Crippen molar-refractivity contribution in [3.05, 3.63) is 70.9 Å². The number of para-hydroxylation sites is 1. The fraction of sp³-hybridized carbons (Fsp3) is 0.150. The normalized spacial score (nSPS) is 10.8. The van der Waals surface area contributed by atoms with Gasteiger partial charge in [-0.2, -0.15) is 4.68 Å². The maximum atomic E-state index is 13.2. The summed E-state index contributed by atoms with van der Waals surface area (Å²) in [6, 6.07) is 16.0. The van der Waals surface area contributed by atoms with Crippen LogP contribution in [0.1, 0.15) is 6.92 Å². The van der Waals surface area contributed by atoms with E-state index in [0.29, 0.717) is 23.2 Å². The summed E-state index contributed by atoms with van der Waals surface area (Å²) in [6.07, 6.45) is 1.41. The highest BCUT2D eigenvalue weighted by atomic mass is 32.1. The number of benzene rings is 2. The van der Waals surface area contributed by atoms with Crippen LogP contribution in [0, 0.1) is 10.1 Å². The fourth-order valence-electron chi connectivity index (χ4n) is 2.92. The Morgan fingerprint density at radius 2 is 1.97 bits per heavy atom. The zero-order valence-corrected chi connectivity index (χ0v) is 16.8. The van der Waals surface area contributed by atoms with Gasteiger partial charge in [0.2, 0.25) is 0 Å². The summed E-state index contributed by atoms with van der Waals surface area (Å²) in [5, 5.41) is 15.2. The van der Waals surface area contributed by atoms with Crippen LogP contribution in [0.25, 0.3) is 10.2 Å². The Morgan fingerprint density at radius 3 is 2.63 bits per heavy atom. The maximum absolute atomic E-state index is 13.2. The number of carbonyl (C=O) groups excluding carboxylic acids is 1. The van der Waals surface area contributed by atoms with Crippen molar-refractivity contribution in [1.82, 2.24) is 14.8 Å². The summed E-state index contributed by atoms with van der Waals surface area (Å²) in [5.74, 6) is 0.0623. The minimum atomic E-state index is -0.598. The molecule has 10 heteroatoms. The van der Waals surface area contributed by atoms with E-state index in [9.17, 15) is 14.9 Å². The summed E-state index contributed by atoms with van der Waals surface area (Å²) in [6.45, 7) is 2.27. The molecule has 2 heterocycles. The van der Waals surface area contributed by atoms with E-state index in [1.165, 1.54) is 33.2 Å². The number of ether oxygens (including phenoxy) is 1. The average molecular weight is 423 g/mol. The number of nitro groups is 1. The minimum absolute atomic E-state index is 0.170. The second kappa shape index (κ2) is 8.29. The number of anilines is 2. The maximum Gasteiger partial charge on any atom is 0.389 e. The molecular formula is C20H17N5O4S. The zero-order chi connectivity index (χ0) is 21.1. The van der Waals surface area contributed by atoms with E-state index in [4.69, 9.17) is 4.74 Å². The molecule has 0 fully saturated rings. The number of hydrogen-bond donors (Lipinski definition) is 0. The van der Waals surface area contributed by atoms with Gasteiger partial charge in [0.15, 0.2) is 5.13 Å². The van der Waals surface area contributed by atoms with Gasteiger partial charge in [-0.3, -0.25) is 9.69 Å². The minimum Gasteiger partial charge on any atom is -0.494 e. The lowest BCUT2D eigenvalue weighted by atomic mass is 10.2. The molecule has 9 nitrogen and oxygen atoms in total. The molecule has 0 spiro atoms. The molecule has 2 aromatic heterocycles. The van der Waals surface area contributed by atoms with Crippen LogP contribution in [-0.2, 0) is 11.3 Å². The zero-order valence-electron chi connectivity index (χ0n) is 16.0. The highest BCUT2D eigenvalue weighted by Gasteiger charge is 2.24. The molecular weight excluding hydrogens is 406 g/mol. The third-order valence-corrected chi connectivity index (χ3v) is 5.26. The molecule has 30 heavy (non-hydrogen) atoms. The van der Waals surface area contributed by atoms with E-state index < -0.39 is 4.92 Å². The van der Waals surface area contributed by atoms with Crippen molar-refractivity contribution in [2.45, 2.75) is 13.5 Å². The predicted octanol–water partition coefficient (Wildman–Crippen LogP) is 4.16. The van der Waals surface area contributed by atoms with E-state index in [0.717, 1.165) is 10.2 Å². The highest BCUT2D eigenvalue weighted by Crippen LogP contribution is 2.34. The molecule has 1 amide bonds. The van der Waals surface area contributed by atoms with Gasteiger partial charge in [0, 0.05) is 0 Å². The van der Waals surface area contributed by atoms with Crippen molar-refractivity contribution >= 4 is 44.1 Å². The first-order chi connectivity index (χ1) is 14.5. The van der Waals surface area contributed by atoms with Gasteiger partial charge in [-0.1, -0.05) is 23.5 Å². The Labute approximate surface area is 175 Å². The molecule has 4 rings (SSSR count). The van der Waals surface area contributed by atoms with E-state index in [1.807, 2.05) is 31.2 Å². The first-order valence-corrected chi connectivity index (χ1v) is 9.96. The van der Waals surface area contributed by atoms with Crippen molar-refractivity contribution in [3.63, 3.8) is 0 Å². The molecule has 0 N–H and O–H groups in total. The van der Waals surface area contributed by atoms with Crippen LogP contribution in [0.5, 0.6) is 5.75 Å². The Bertz CT molecular complexity index is 1170. The Balaban J connectivity index is 1.70. The highest BCUT2D eigenvalue weighted by molar-refractivity contribution is 7.22. The SMILES string of the molecule is CCOc1ccc(N(C(=O)Cn2ccc([N+](=O)[O-])n2)c2nc3ccccc3s2)cc1. The lowest BCUT2D eigenvalue weighted by Gasteiger charge is -2.19. The summed E-state index contributed by atoms with van der Waals surface area (Å²) >= 11 is 1.39. The van der Waals surface area contributed by atoms with Crippen molar-refractivity contribution in [2.24, 2.45) is 0 Å². The van der Waals surface area contributed by atoms with Crippen LogP contribution in [0.4, 0.5) is 16.6 Å². The number of carbonyl (C=O) groups is 1. The van der Waals surface area contributed by atoms with Crippen LogP contribution in [-0.4, -0.2) is 32.2 Å². The Kier molecular flexibility index (Phi) is 5.40. The molecule has 0 aliphatic rings. The molecule has 0 unspecified atom stereocenters. The standard InChI is InChI=1S/C20H17N5O4S/c1-2-29-15-9-7-14(8-10-15)24(20-21-16-5-3-4-6-17(16)30-20)19(26)13-23-12-11-18(22-23)25(27)28/h3-12H,2,13H2,1H3. The van der Waals surface area contributed by atoms with Crippen LogP contribution in [0.3, 0.4) is 0 Å². The van der Waals surface area contributed by atoms with E-state index in [2.05, 4.69) is 10.1 Å². The largest absolute Gasteiger partial charge is 0.494 e. The van der Waals surface area contributed by atoms with Crippen LogP contribution >= 0.6 is 11.3 Å². The van der Waals surface area contributed by atoms with Crippen molar-refractivity contribution in [2.75, 3.05) is 11.5 Å². The molecule has 0 saturated carbocycles. The third-order valence-electron chi connectivity index (χ3n) is 4.24. The molecule has 2 aromatic carbocycles. The number of aromatic nitrogens is 3. The molecule has 0 aliphatic carbocycles. The molecule has 0 atom stereocenters. The quantitative estimate of drug-likeness (QED) is 0.326. The molecule has 4 aromatic rings. The van der Waals surface area contributed by atoms with Gasteiger partial charge < -0.3 is 14.9 Å². The molecule has 0 radical (unpaired) electrons. The van der Waals surface area contributed by atoms with Crippen molar-refractivity contribution in [3.8, 4) is 5.75 Å². The molecule has 0 bridgehead atoms. The number of thiazole rings is 1. The van der Waals surface area contributed by atoms with Gasteiger partial charge in [-0.15, -0.1) is 0 Å². The fourth-order valence-corrected chi connectivity index (χ4v) is 3.92. The van der Waals surface area contributed by atoms with Gasteiger partial charge in [0.25, 0.3) is 5.91 Å². The van der Waals surface area contributed by atoms with Crippen LogP contribution < -0.4 is 9.64 Å². The van der Waals surface area contributed by atoms with Crippen LogP contribution in [0.2, 0.25) is 0 Å².